The second-order valence-electron chi connectivity index (χ2n) is 5.99. The van der Waals surface area contributed by atoms with E-state index in [0.29, 0.717) is 83.3 Å². The van der Waals surface area contributed by atoms with Gasteiger partial charge in [0, 0.05) is 17.3 Å². The van der Waals surface area contributed by atoms with Crippen molar-refractivity contribution in [1.82, 2.24) is 0 Å². The fourth-order valence-electron chi connectivity index (χ4n) is 2.30. The number of fused-ring (bicyclic) bond motifs is 1. The van der Waals surface area contributed by atoms with E-state index in [1.165, 1.54) is 6.08 Å². The molecule has 0 fully saturated rings. The van der Waals surface area contributed by atoms with Gasteiger partial charge in [-0.25, -0.2) is 0 Å². The Hall–Kier alpha value is -2.39. The molecule has 0 radical (unpaired) electrons. The predicted octanol–water partition coefficient (Wildman–Crippen LogP) is 2.20. The SMILES string of the molecule is C=CC(=C)C(=O)Nc1ccc2c(c1)OCCOCCOCCOCCOCCO2. The van der Waals surface area contributed by atoms with Crippen LogP contribution >= 0.6 is 0 Å². The first-order valence-electron chi connectivity index (χ1n) is 9.54. The summed E-state index contributed by atoms with van der Waals surface area (Å²) in [6, 6.07) is 5.16. The summed E-state index contributed by atoms with van der Waals surface area (Å²) in [4.78, 5) is 12.0. The number of hydrogen-bond acceptors (Lipinski definition) is 7. The summed E-state index contributed by atoms with van der Waals surface area (Å²) in [6.07, 6.45) is 1.40. The minimum Gasteiger partial charge on any atom is -0.487 e. The van der Waals surface area contributed by atoms with Crippen LogP contribution in [0.3, 0.4) is 0 Å². The van der Waals surface area contributed by atoms with Crippen LogP contribution in [0.1, 0.15) is 0 Å². The molecule has 8 heteroatoms. The van der Waals surface area contributed by atoms with E-state index < -0.39 is 0 Å². The Morgan fingerprint density at radius 3 is 1.79 bits per heavy atom. The first-order chi connectivity index (χ1) is 14.2. The highest BCUT2D eigenvalue weighted by Gasteiger charge is 2.10. The first-order valence-corrected chi connectivity index (χ1v) is 9.54. The van der Waals surface area contributed by atoms with Crippen LogP contribution < -0.4 is 14.8 Å². The lowest BCUT2D eigenvalue weighted by Crippen LogP contribution is -2.16. The molecule has 8 nitrogen and oxygen atoms in total. The quantitative estimate of drug-likeness (QED) is 0.607. The number of ether oxygens (including phenoxy) is 6. The van der Waals surface area contributed by atoms with E-state index in [-0.39, 0.29) is 11.5 Å². The summed E-state index contributed by atoms with van der Waals surface area (Å²) in [7, 11) is 0. The molecule has 0 spiro atoms. The number of rotatable bonds is 3. The third kappa shape index (κ3) is 9.10. The van der Waals surface area contributed by atoms with Crippen molar-refractivity contribution in [2.75, 3.05) is 71.4 Å². The van der Waals surface area contributed by atoms with Gasteiger partial charge in [-0.15, -0.1) is 0 Å². The monoisotopic (exact) mass is 407 g/mol. The predicted molar refractivity (Wildman–Crippen MR) is 109 cm³/mol. The van der Waals surface area contributed by atoms with Crippen LogP contribution in [-0.2, 0) is 23.7 Å². The third-order valence-corrected chi connectivity index (χ3v) is 3.83. The van der Waals surface area contributed by atoms with Crippen molar-refractivity contribution in [2.45, 2.75) is 0 Å². The molecular formula is C21H29NO7. The van der Waals surface area contributed by atoms with Crippen molar-refractivity contribution >= 4 is 11.6 Å². The molecule has 0 unspecified atom stereocenters. The average molecular weight is 407 g/mol. The minimum atomic E-state index is -0.333. The summed E-state index contributed by atoms with van der Waals surface area (Å²) in [5.41, 5.74) is 0.836. The number of nitrogens with one attached hydrogen (secondary N) is 1. The van der Waals surface area contributed by atoms with Crippen molar-refractivity contribution in [3.05, 3.63) is 43.0 Å². The summed E-state index contributed by atoms with van der Waals surface area (Å²) >= 11 is 0. The van der Waals surface area contributed by atoms with E-state index >= 15 is 0 Å². The van der Waals surface area contributed by atoms with Gasteiger partial charge in [-0.1, -0.05) is 19.2 Å². The molecule has 1 aromatic rings. The average Bonchev–Trinajstić information content (AvgIpc) is 2.73. The van der Waals surface area contributed by atoms with Crippen LogP contribution in [0.5, 0.6) is 11.5 Å². The fraction of sp³-hybridized carbons (Fsp3) is 0.476. The highest BCUT2D eigenvalue weighted by atomic mass is 16.6. The number of anilines is 1. The van der Waals surface area contributed by atoms with Crippen molar-refractivity contribution in [1.29, 1.82) is 0 Å². The van der Waals surface area contributed by atoms with Crippen molar-refractivity contribution in [3.8, 4) is 11.5 Å². The Kier molecular flexibility index (Phi) is 10.8. The van der Waals surface area contributed by atoms with Crippen molar-refractivity contribution in [2.24, 2.45) is 0 Å². The Morgan fingerprint density at radius 2 is 1.28 bits per heavy atom. The number of carbonyl (C=O) groups is 1. The molecule has 0 aromatic heterocycles. The van der Waals surface area contributed by atoms with Crippen LogP contribution in [0.15, 0.2) is 43.0 Å². The molecule has 1 heterocycles. The number of carbonyl (C=O) groups excluding carboxylic acids is 1. The zero-order valence-electron chi connectivity index (χ0n) is 16.7. The Morgan fingerprint density at radius 1 is 0.793 bits per heavy atom. The van der Waals surface area contributed by atoms with E-state index in [9.17, 15) is 4.79 Å². The summed E-state index contributed by atoms with van der Waals surface area (Å²) in [5, 5.41) is 2.74. The second-order valence-corrected chi connectivity index (χ2v) is 5.99. The zero-order valence-corrected chi connectivity index (χ0v) is 16.7. The topological polar surface area (TPSA) is 84.5 Å². The Bertz CT molecular complexity index is 662. The highest BCUT2D eigenvalue weighted by Crippen LogP contribution is 2.30. The number of amides is 1. The summed E-state index contributed by atoms with van der Waals surface area (Å²) in [5.74, 6) is 0.714. The standard InChI is InChI=1S/C21H29NO7/c1-3-17(2)21(23)22-18-4-5-19-20(16-18)29-15-13-27-11-9-25-7-6-24-8-10-26-12-14-28-19/h3-5,16H,1-2,6-15H2,(H,22,23). The highest BCUT2D eigenvalue weighted by molar-refractivity contribution is 6.05. The molecule has 1 aromatic carbocycles. The van der Waals surface area contributed by atoms with E-state index in [1.54, 1.807) is 18.2 Å². The third-order valence-electron chi connectivity index (χ3n) is 3.83. The van der Waals surface area contributed by atoms with E-state index in [1.807, 2.05) is 0 Å². The van der Waals surface area contributed by atoms with Gasteiger partial charge in [0.15, 0.2) is 11.5 Å². The summed E-state index contributed by atoms with van der Waals surface area (Å²) in [6.45, 7) is 11.6. The molecule has 0 atom stereocenters. The van der Waals surface area contributed by atoms with Gasteiger partial charge in [0.1, 0.15) is 13.2 Å². The van der Waals surface area contributed by atoms with Gasteiger partial charge in [0.2, 0.25) is 0 Å². The zero-order chi connectivity index (χ0) is 20.7. The first kappa shape index (κ1) is 22.9. The molecule has 29 heavy (non-hydrogen) atoms. The van der Waals surface area contributed by atoms with Crippen LogP contribution in [0.2, 0.25) is 0 Å². The maximum Gasteiger partial charge on any atom is 0.255 e. The molecule has 1 amide bonds. The van der Waals surface area contributed by atoms with Gasteiger partial charge >= 0.3 is 0 Å². The van der Waals surface area contributed by atoms with Crippen LogP contribution in [0.25, 0.3) is 0 Å². The lowest BCUT2D eigenvalue weighted by atomic mass is 10.2. The van der Waals surface area contributed by atoms with Crippen LogP contribution in [0.4, 0.5) is 5.69 Å². The Balaban J connectivity index is 1.98. The van der Waals surface area contributed by atoms with Crippen LogP contribution in [0, 0.1) is 0 Å². The number of hydrogen-bond donors (Lipinski definition) is 1. The second kappa shape index (κ2) is 13.7. The molecule has 0 saturated heterocycles. The fourth-order valence-corrected chi connectivity index (χ4v) is 2.30. The lowest BCUT2D eigenvalue weighted by Gasteiger charge is -2.15. The smallest absolute Gasteiger partial charge is 0.255 e. The largest absolute Gasteiger partial charge is 0.487 e. The van der Waals surface area contributed by atoms with Gasteiger partial charge < -0.3 is 33.7 Å². The molecule has 160 valence electrons. The molecule has 2 rings (SSSR count). The molecule has 1 aliphatic heterocycles. The minimum absolute atomic E-state index is 0.276. The molecule has 0 saturated carbocycles. The van der Waals surface area contributed by atoms with Gasteiger partial charge in [-0.05, 0) is 12.1 Å². The molecule has 0 aliphatic carbocycles. The van der Waals surface area contributed by atoms with Gasteiger partial charge in [-0.2, -0.15) is 0 Å². The van der Waals surface area contributed by atoms with Gasteiger partial charge in [-0.3, -0.25) is 4.79 Å². The van der Waals surface area contributed by atoms with E-state index in [4.69, 9.17) is 28.4 Å². The van der Waals surface area contributed by atoms with Gasteiger partial charge in [0.05, 0.1) is 52.9 Å². The van der Waals surface area contributed by atoms with Gasteiger partial charge in [0.25, 0.3) is 5.91 Å². The lowest BCUT2D eigenvalue weighted by molar-refractivity contribution is -0.112. The maximum absolute atomic E-state index is 12.0. The normalized spacial score (nSPS) is 17.4. The molecule has 1 aliphatic rings. The molecule has 1 N–H and O–H groups in total. The summed E-state index contributed by atoms with van der Waals surface area (Å²) < 4.78 is 33.3. The maximum atomic E-state index is 12.0. The van der Waals surface area contributed by atoms with E-state index in [0.717, 1.165) is 0 Å². The molecular weight excluding hydrogens is 378 g/mol. The van der Waals surface area contributed by atoms with Crippen LogP contribution in [-0.4, -0.2) is 72.0 Å². The van der Waals surface area contributed by atoms with Crippen molar-refractivity contribution in [3.63, 3.8) is 0 Å². The Labute approximate surface area is 171 Å². The number of benzene rings is 1. The van der Waals surface area contributed by atoms with E-state index in [2.05, 4.69) is 18.5 Å². The molecule has 0 bridgehead atoms. The van der Waals surface area contributed by atoms with Crippen molar-refractivity contribution < 1.29 is 33.2 Å².